The van der Waals surface area contributed by atoms with Gasteiger partial charge in [-0.15, -0.1) is 0 Å². The van der Waals surface area contributed by atoms with E-state index in [1.807, 2.05) is 18.2 Å². The Bertz CT molecular complexity index is 2040. The van der Waals surface area contributed by atoms with E-state index in [2.05, 4.69) is 18.8 Å². The Hall–Kier alpha value is -3.88. The number of hydrogen-bond donors (Lipinski definition) is 1. The molecule has 1 N–H and O–H groups in total. The highest BCUT2D eigenvalue weighted by Crippen LogP contribution is 2.58. The molecule has 304 valence electrons. The van der Waals surface area contributed by atoms with Crippen molar-refractivity contribution in [3.63, 3.8) is 0 Å². The lowest BCUT2D eigenvalue weighted by Gasteiger charge is -2.51. The third kappa shape index (κ3) is 8.67. The maximum absolute atomic E-state index is 14.4. The summed E-state index contributed by atoms with van der Waals surface area (Å²) in [6.07, 6.45) is 1.21. The van der Waals surface area contributed by atoms with E-state index in [1.54, 1.807) is 12.3 Å². The zero-order chi connectivity index (χ0) is 40.5. The molecule has 1 saturated carbocycles. The molecule has 1 amide bonds. The zero-order valence-electron chi connectivity index (χ0n) is 31.7. The van der Waals surface area contributed by atoms with Gasteiger partial charge in [0, 0.05) is 28.2 Å². The molecule has 0 aliphatic heterocycles. The number of benzene rings is 2. The van der Waals surface area contributed by atoms with E-state index in [0.29, 0.717) is 36.0 Å². The van der Waals surface area contributed by atoms with Crippen LogP contribution in [0.15, 0.2) is 54.7 Å². The minimum Gasteiger partial charge on any atom is -0.494 e. The highest BCUT2D eigenvalue weighted by atomic mass is 35.5. The van der Waals surface area contributed by atoms with Crippen molar-refractivity contribution in [2.45, 2.75) is 101 Å². The molecule has 1 aromatic heterocycles. The number of alkyl halides is 3. The van der Waals surface area contributed by atoms with Crippen LogP contribution in [0.25, 0.3) is 0 Å². The quantitative estimate of drug-likeness (QED) is 0.103. The molecule has 2 aromatic carbocycles. The molecular formula is C41H48ClF3N2O8S. The molecule has 0 saturated heterocycles. The summed E-state index contributed by atoms with van der Waals surface area (Å²) in [5, 5.41) is 0.0987. The van der Waals surface area contributed by atoms with Gasteiger partial charge >= 0.3 is 18.1 Å². The highest BCUT2D eigenvalue weighted by Gasteiger charge is 2.60. The number of rotatable bonds is 13. The monoisotopic (exact) mass is 820 g/mol. The molecule has 1 fully saturated rings. The first-order chi connectivity index (χ1) is 26.5. The van der Waals surface area contributed by atoms with Crippen molar-refractivity contribution in [1.29, 1.82) is 0 Å². The summed E-state index contributed by atoms with van der Waals surface area (Å²) in [6.45, 7) is 4.76. The van der Waals surface area contributed by atoms with Crippen molar-refractivity contribution in [1.82, 2.24) is 4.98 Å². The Morgan fingerprint density at radius 2 is 1.84 bits per heavy atom. The minimum absolute atomic E-state index is 0.00950. The van der Waals surface area contributed by atoms with E-state index in [1.165, 1.54) is 24.3 Å². The lowest BCUT2D eigenvalue weighted by atomic mass is 9.59. The summed E-state index contributed by atoms with van der Waals surface area (Å²) < 4.78 is 92.4. The van der Waals surface area contributed by atoms with Gasteiger partial charge in [0.2, 0.25) is 0 Å². The van der Waals surface area contributed by atoms with Crippen LogP contribution in [-0.2, 0) is 42.7 Å². The molecule has 0 radical (unpaired) electrons. The van der Waals surface area contributed by atoms with Crippen LogP contribution in [0, 0.1) is 11.8 Å². The van der Waals surface area contributed by atoms with E-state index in [-0.39, 0.29) is 61.3 Å². The van der Waals surface area contributed by atoms with Gasteiger partial charge in [-0.2, -0.15) is 21.6 Å². The fourth-order valence-corrected chi connectivity index (χ4v) is 10.0. The lowest BCUT2D eigenvalue weighted by molar-refractivity contribution is -0.174. The van der Waals surface area contributed by atoms with Gasteiger partial charge < -0.3 is 14.2 Å². The largest absolute Gasteiger partial charge is 0.494 e. The smallest absolute Gasteiger partial charge is 0.471 e. The van der Waals surface area contributed by atoms with Crippen molar-refractivity contribution in [2.24, 2.45) is 11.8 Å². The normalized spacial score (nSPS) is 23.9. The first-order valence-electron chi connectivity index (χ1n) is 19.0. The van der Waals surface area contributed by atoms with Gasteiger partial charge in [0.05, 0.1) is 26.1 Å². The van der Waals surface area contributed by atoms with E-state index in [4.69, 9.17) is 30.4 Å². The Morgan fingerprint density at radius 1 is 1.09 bits per heavy atom. The molecule has 3 aliphatic rings. The number of halogens is 4. The molecule has 15 heteroatoms. The number of carbonyl (C=O) groups is 2. The Balaban J connectivity index is 1.32. The molecule has 1 heterocycles. The summed E-state index contributed by atoms with van der Waals surface area (Å²) in [4.78, 5) is 32.3. The average molecular weight is 821 g/mol. The van der Waals surface area contributed by atoms with Crippen LogP contribution in [0.2, 0.25) is 5.02 Å². The Kier molecular flexibility index (Phi) is 12.3. The summed E-state index contributed by atoms with van der Waals surface area (Å²) in [5.74, 6) is -1.90. The van der Waals surface area contributed by atoms with Crippen molar-refractivity contribution < 1.29 is 49.9 Å². The molecule has 6 rings (SSSR count). The SMILES string of the molecule is COC(=O)C1(N(C(=O)C(F)(F)F)c2cccc(Cl)c2)CCC2(CC1)c1cc(OCCCS(=O)(=O)O)ccc1C[C@@H]2C[C@@H](C)COc1ccnc2c1[C@H](C)CCC2. The Labute approximate surface area is 330 Å². The number of fused-ring (bicyclic) bond motifs is 3. The van der Waals surface area contributed by atoms with Crippen LogP contribution >= 0.6 is 11.6 Å². The summed E-state index contributed by atoms with van der Waals surface area (Å²) >= 11 is 6.21. The molecule has 3 atom stereocenters. The number of carbonyl (C=O) groups excluding carboxylic acids is 2. The molecule has 0 unspecified atom stereocenters. The van der Waals surface area contributed by atoms with Gasteiger partial charge in [0.1, 0.15) is 17.0 Å². The fraction of sp³-hybridized carbons (Fsp3) is 0.537. The third-order valence-electron chi connectivity index (χ3n) is 11.9. The molecule has 56 heavy (non-hydrogen) atoms. The number of nitrogens with zero attached hydrogens (tertiary/aromatic N) is 2. The highest BCUT2D eigenvalue weighted by molar-refractivity contribution is 7.85. The van der Waals surface area contributed by atoms with Crippen molar-refractivity contribution in [3.05, 3.63) is 82.1 Å². The average Bonchev–Trinajstić information content (AvgIpc) is 3.43. The van der Waals surface area contributed by atoms with Crippen molar-refractivity contribution in [3.8, 4) is 11.5 Å². The van der Waals surface area contributed by atoms with Crippen LogP contribution in [0.1, 0.15) is 93.5 Å². The van der Waals surface area contributed by atoms with E-state index < -0.39 is 44.9 Å². The number of anilines is 1. The number of esters is 1. The van der Waals surface area contributed by atoms with Gasteiger partial charge in [-0.05, 0) is 135 Å². The second-order valence-electron chi connectivity index (χ2n) is 15.6. The standard InChI is InChI=1S/C41H48ClF3N2O8S/c1-26(25-55-35-13-18-46-34-10-4-7-27(2)36(34)35)21-29-22-28-11-12-32(54-19-6-20-56(50,51)52)24-33(28)39(29)14-16-40(17-15-39,38(49)53-3)47(37(48)41(43,44)45)31-9-5-8-30(42)23-31/h5,8-9,11-13,18,23-24,26-27,29H,4,6-7,10,14-17,19-22,25H2,1-3H3,(H,50,51,52)/t26-,27-,29+,39?,40?/m1/s1. The van der Waals surface area contributed by atoms with Crippen LogP contribution in [-0.4, -0.2) is 67.6 Å². The summed E-state index contributed by atoms with van der Waals surface area (Å²) in [5.41, 5.74) is 1.43. The van der Waals surface area contributed by atoms with Gasteiger partial charge in [-0.25, -0.2) is 4.79 Å². The number of pyridine rings is 1. The zero-order valence-corrected chi connectivity index (χ0v) is 33.3. The van der Waals surface area contributed by atoms with E-state index in [9.17, 15) is 31.2 Å². The lowest BCUT2D eigenvalue weighted by Crippen LogP contribution is -2.63. The number of aryl methyl sites for hydroxylation is 1. The van der Waals surface area contributed by atoms with Crippen LogP contribution in [0.3, 0.4) is 0 Å². The first kappa shape index (κ1) is 41.7. The second-order valence-corrected chi connectivity index (χ2v) is 17.6. The van der Waals surface area contributed by atoms with Crippen molar-refractivity contribution in [2.75, 3.05) is 31.0 Å². The van der Waals surface area contributed by atoms with Crippen LogP contribution in [0.5, 0.6) is 11.5 Å². The number of amides is 1. The number of aromatic nitrogens is 1. The van der Waals surface area contributed by atoms with Crippen LogP contribution in [0.4, 0.5) is 18.9 Å². The molecule has 3 aliphatic carbocycles. The maximum Gasteiger partial charge on any atom is 0.471 e. The fourth-order valence-electron chi connectivity index (χ4n) is 9.36. The predicted molar refractivity (Wildman–Crippen MR) is 205 cm³/mol. The van der Waals surface area contributed by atoms with Gasteiger partial charge in [-0.3, -0.25) is 19.2 Å². The maximum atomic E-state index is 14.4. The van der Waals surface area contributed by atoms with Gasteiger partial charge in [0.25, 0.3) is 10.1 Å². The first-order valence-corrected chi connectivity index (χ1v) is 21.0. The van der Waals surface area contributed by atoms with Crippen LogP contribution < -0.4 is 14.4 Å². The minimum atomic E-state index is -5.30. The number of ether oxygens (including phenoxy) is 3. The number of hydrogen-bond acceptors (Lipinski definition) is 8. The summed E-state index contributed by atoms with van der Waals surface area (Å²) in [6, 6.07) is 13.0. The predicted octanol–water partition coefficient (Wildman–Crippen LogP) is 8.43. The van der Waals surface area contributed by atoms with Gasteiger partial charge in [-0.1, -0.05) is 37.6 Å². The topological polar surface area (TPSA) is 132 Å². The van der Waals surface area contributed by atoms with Gasteiger partial charge in [0.15, 0.2) is 0 Å². The number of methoxy groups -OCH3 is 1. The molecule has 10 nitrogen and oxygen atoms in total. The van der Waals surface area contributed by atoms with E-state index >= 15 is 0 Å². The Morgan fingerprint density at radius 3 is 2.52 bits per heavy atom. The second kappa shape index (κ2) is 16.5. The van der Waals surface area contributed by atoms with E-state index in [0.717, 1.165) is 54.5 Å². The van der Waals surface area contributed by atoms with Crippen molar-refractivity contribution >= 4 is 39.3 Å². The molecule has 3 aromatic rings. The third-order valence-corrected chi connectivity index (χ3v) is 13.0. The molecule has 0 bridgehead atoms. The molecule has 1 spiro atoms. The summed E-state index contributed by atoms with van der Waals surface area (Å²) in [7, 11) is -3.06. The molecular weight excluding hydrogens is 773 g/mol.